The van der Waals surface area contributed by atoms with E-state index >= 15 is 0 Å². The van der Waals surface area contributed by atoms with Gasteiger partial charge in [0.25, 0.3) is 5.91 Å². The molecule has 0 saturated carbocycles. The van der Waals surface area contributed by atoms with Gasteiger partial charge >= 0.3 is 0 Å². The van der Waals surface area contributed by atoms with Crippen molar-refractivity contribution in [2.45, 2.75) is 68.8 Å². The van der Waals surface area contributed by atoms with E-state index in [1.165, 1.54) is 18.2 Å². The zero-order valence-corrected chi connectivity index (χ0v) is 23.4. The first-order valence-electron chi connectivity index (χ1n) is 13.6. The van der Waals surface area contributed by atoms with Crippen molar-refractivity contribution in [2.24, 2.45) is 5.73 Å². The van der Waals surface area contributed by atoms with Gasteiger partial charge in [0.2, 0.25) is 15.9 Å². The molecular weight excluding hydrogens is 545 g/mol. The van der Waals surface area contributed by atoms with Crippen LogP contribution in [0.2, 0.25) is 0 Å². The highest BCUT2D eigenvalue weighted by molar-refractivity contribution is 7.89. The Bertz CT molecular complexity index is 1380. The molecule has 1 heterocycles. The van der Waals surface area contributed by atoms with E-state index in [1.807, 2.05) is 0 Å². The minimum atomic E-state index is -4.11. The fourth-order valence-electron chi connectivity index (χ4n) is 5.77. The lowest BCUT2D eigenvalue weighted by Gasteiger charge is -2.28. The van der Waals surface area contributed by atoms with Gasteiger partial charge in [-0.3, -0.25) is 9.59 Å². The molecule has 1 aliphatic heterocycles. The van der Waals surface area contributed by atoms with Crippen molar-refractivity contribution < 1.29 is 31.2 Å². The second kappa shape index (κ2) is 12.3. The van der Waals surface area contributed by atoms with Gasteiger partial charge in [0.1, 0.15) is 10.7 Å². The Kier molecular flexibility index (Phi) is 9.21. The molecule has 0 aromatic heterocycles. The lowest BCUT2D eigenvalue weighted by atomic mass is 9.91. The van der Waals surface area contributed by atoms with Gasteiger partial charge in [0.15, 0.2) is 11.6 Å². The predicted molar refractivity (Wildman–Crippen MR) is 144 cm³/mol. The van der Waals surface area contributed by atoms with E-state index in [4.69, 9.17) is 5.73 Å². The van der Waals surface area contributed by atoms with Gasteiger partial charge in [0.05, 0.1) is 0 Å². The summed E-state index contributed by atoms with van der Waals surface area (Å²) < 4.78 is 68.6. The first kappa shape index (κ1) is 30.0. The molecule has 1 fully saturated rings. The van der Waals surface area contributed by atoms with E-state index in [1.54, 1.807) is 18.7 Å². The standard InChI is InChI=1S/C28H35F3N4O4S/c1-3-34(4-2)40(38,39)26-13-18(8-10-22(26)29)28(37)33-16-19-6-5-11-35(19)27(36)15-25(32)20-9-7-17-12-23(30)24(31)14-21(17)20/h8,10,12-14,19-20,25H,3-7,9,11,15-16,32H2,1-2H3,(H,33,37)/t19-,20-,25-/m0/s1. The van der Waals surface area contributed by atoms with Crippen LogP contribution in [0.3, 0.4) is 0 Å². The summed E-state index contributed by atoms with van der Waals surface area (Å²) in [4.78, 5) is 27.2. The molecule has 218 valence electrons. The number of sulfonamides is 1. The number of rotatable bonds is 10. The maximum Gasteiger partial charge on any atom is 0.251 e. The summed E-state index contributed by atoms with van der Waals surface area (Å²) in [5, 5.41) is 2.74. The van der Waals surface area contributed by atoms with Crippen LogP contribution in [0.1, 0.15) is 66.9 Å². The SMILES string of the molecule is CCN(CC)S(=O)(=O)c1cc(C(=O)NC[C@@H]2CCCN2C(=O)C[C@H](N)[C@H]2CCc3cc(F)c(F)cc32)ccc1F. The van der Waals surface area contributed by atoms with Crippen molar-refractivity contribution in [1.82, 2.24) is 14.5 Å². The summed E-state index contributed by atoms with van der Waals surface area (Å²) in [5.41, 5.74) is 7.73. The number of hydrogen-bond donors (Lipinski definition) is 2. The number of amides is 2. The monoisotopic (exact) mass is 580 g/mol. The molecule has 0 spiro atoms. The van der Waals surface area contributed by atoms with Crippen LogP contribution >= 0.6 is 0 Å². The van der Waals surface area contributed by atoms with Crippen LogP contribution in [0, 0.1) is 17.5 Å². The minimum absolute atomic E-state index is 0.00593. The van der Waals surface area contributed by atoms with E-state index in [0.717, 1.165) is 22.9 Å². The van der Waals surface area contributed by atoms with E-state index < -0.39 is 44.3 Å². The van der Waals surface area contributed by atoms with Crippen LogP contribution in [-0.2, 0) is 21.2 Å². The molecule has 4 rings (SSSR count). The smallest absolute Gasteiger partial charge is 0.251 e. The van der Waals surface area contributed by atoms with Gasteiger partial charge < -0.3 is 16.0 Å². The van der Waals surface area contributed by atoms with Crippen LogP contribution in [0.4, 0.5) is 13.2 Å². The summed E-state index contributed by atoms with van der Waals surface area (Å²) in [6.45, 7) is 4.23. The van der Waals surface area contributed by atoms with Crippen LogP contribution in [0.5, 0.6) is 0 Å². The van der Waals surface area contributed by atoms with E-state index in [2.05, 4.69) is 5.32 Å². The zero-order valence-electron chi connectivity index (χ0n) is 22.6. The second-order valence-corrected chi connectivity index (χ2v) is 12.2. The number of nitrogens with zero attached hydrogens (tertiary/aromatic N) is 2. The number of aryl methyl sites for hydroxylation is 1. The van der Waals surface area contributed by atoms with E-state index in [9.17, 15) is 31.2 Å². The number of carbonyl (C=O) groups excluding carboxylic acids is 2. The molecule has 2 aromatic rings. The normalized spacial score (nSPS) is 19.6. The van der Waals surface area contributed by atoms with Gasteiger partial charge in [-0.05, 0) is 67.1 Å². The van der Waals surface area contributed by atoms with Gasteiger partial charge in [-0.1, -0.05) is 13.8 Å². The topological polar surface area (TPSA) is 113 Å². The lowest BCUT2D eigenvalue weighted by Crippen LogP contribution is -2.45. The molecule has 3 N–H and O–H groups in total. The number of halogens is 3. The third-order valence-electron chi connectivity index (χ3n) is 7.95. The summed E-state index contributed by atoms with van der Waals surface area (Å²) in [7, 11) is -4.11. The van der Waals surface area contributed by atoms with Crippen molar-refractivity contribution >= 4 is 21.8 Å². The van der Waals surface area contributed by atoms with E-state index in [-0.39, 0.29) is 49.5 Å². The number of hydrogen-bond acceptors (Lipinski definition) is 5. The quantitative estimate of drug-likeness (QED) is 0.448. The highest BCUT2D eigenvalue weighted by Crippen LogP contribution is 2.37. The molecule has 12 heteroatoms. The van der Waals surface area contributed by atoms with Crippen LogP contribution < -0.4 is 11.1 Å². The Labute approximate surface area is 232 Å². The largest absolute Gasteiger partial charge is 0.350 e. The molecule has 0 radical (unpaired) electrons. The Balaban J connectivity index is 1.38. The molecule has 0 unspecified atom stereocenters. The Hall–Kier alpha value is -2.96. The molecule has 2 aromatic carbocycles. The Morgan fingerprint density at radius 3 is 2.48 bits per heavy atom. The van der Waals surface area contributed by atoms with Crippen molar-refractivity contribution in [3.63, 3.8) is 0 Å². The average Bonchev–Trinajstić information content (AvgIpc) is 3.55. The number of nitrogens with one attached hydrogen (secondary N) is 1. The molecule has 1 saturated heterocycles. The summed E-state index contributed by atoms with van der Waals surface area (Å²) in [6.07, 6.45) is 2.59. The number of likely N-dealkylation sites (tertiary alicyclic amines) is 1. The third-order valence-corrected chi connectivity index (χ3v) is 10.0. The fraction of sp³-hybridized carbons (Fsp3) is 0.500. The summed E-state index contributed by atoms with van der Waals surface area (Å²) in [5.74, 6) is -3.79. The average molecular weight is 581 g/mol. The van der Waals surface area contributed by atoms with Gasteiger partial charge in [-0.15, -0.1) is 0 Å². The van der Waals surface area contributed by atoms with Crippen LogP contribution in [0.25, 0.3) is 0 Å². The number of nitrogens with two attached hydrogens (primary N) is 1. The van der Waals surface area contributed by atoms with Gasteiger partial charge in [-0.25, -0.2) is 21.6 Å². The number of benzene rings is 2. The Morgan fingerprint density at radius 2 is 1.77 bits per heavy atom. The Morgan fingerprint density at radius 1 is 1.07 bits per heavy atom. The number of fused-ring (bicyclic) bond motifs is 1. The predicted octanol–water partition coefficient (Wildman–Crippen LogP) is 3.30. The molecule has 1 aliphatic carbocycles. The highest BCUT2D eigenvalue weighted by Gasteiger charge is 2.34. The van der Waals surface area contributed by atoms with E-state index in [0.29, 0.717) is 36.9 Å². The van der Waals surface area contributed by atoms with Crippen molar-refractivity contribution in [3.05, 3.63) is 64.5 Å². The van der Waals surface area contributed by atoms with Gasteiger partial charge in [0, 0.05) is 56.2 Å². The molecule has 0 bridgehead atoms. The van der Waals surface area contributed by atoms with Crippen molar-refractivity contribution in [3.8, 4) is 0 Å². The fourth-order valence-corrected chi connectivity index (χ4v) is 7.32. The van der Waals surface area contributed by atoms with Gasteiger partial charge in [-0.2, -0.15) is 4.31 Å². The zero-order chi connectivity index (χ0) is 29.2. The molecule has 3 atom stereocenters. The minimum Gasteiger partial charge on any atom is -0.350 e. The molecule has 2 aliphatic rings. The molecule has 2 amide bonds. The lowest BCUT2D eigenvalue weighted by molar-refractivity contribution is -0.132. The summed E-state index contributed by atoms with van der Waals surface area (Å²) >= 11 is 0. The van der Waals surface area contributed by atoms with Crippen LogP contribution in [0.15, 0.2) is 35.2 Å². The second-order valence-electron chi connectivity index (χ2n) is 10.3. The van der Waals surface area contributed by atoms with Crippen molar-refractivity contribution in [2.75, 3.05) is 26.2 Å². The van der Waals surface area contributed by atoms with Crippen LogP contribution in [-0.4, -0.2) is 67.7 Å². The molecule has 8 nitrogen and oxygen atoms in total. The maximum atomic E-state index is 14.4. The third kappa shape index (κ3) is 6.03. The first-order chi connectivity index (χ1) is 19.0. The van der Waals surface area contributed by atoms with Crippen molar-refractivity contribution in [1.29, 1.82) is 0 Å². The first-order valence-corrected chi connectivity index (χ1v) is 15.0. The summed E-state index contributed by atoms with van der Waals surface area (Å²) in [6, 6.07) is 4.72. The number of carbonyl (C=O) groups is 2. The molecular formula is C28H35F3N4O4S. The maximum absolute atomic E-state index is 14.4. The molecule has 40 heavy (non-hydrogen) atoms. The highest BCUT2D eigenvalue weighted by atomic mass is 32.2.